The molecule has 0 saturated carbocycles. The lowest BCUT2D eigenvalue weighted by Crippen LogP contribution is -1.67. The van der Waals surface area contributed by atoms with Crippen molar-refractivity contribution in [2.75, 3.05) is 0 Å². The van der Waals surface area contributed by atoms with Crippen molar-refractivity contribution in [1.29, 1.82) is 0 Å². The molecule has 1 aromatic heterocycles. The van der Waals surface area contributed by atoms with Gasteiger partial charge in [0.2, 0.25) is 0 Å². The Morgan fingerprint density at radius 3 is 3.20 bits per heavy atom. The molecule has 0 aliphatic carbocycles. The number of allylic oxidation sites excluding steroid dienone is 1. The van der Waals surface area contributed by atoms with Gasteiger partial charge < -0.3 is 4.52 Å². The van der Waals surface area contributed by atoms with Gasteiger partial charge >= 0.3 is 0 Å². The molecule has 0 spiro atoms. The smallest absolute Gasteiger partial charge is 0.150 e. The van der Waals surface area contributed by atoms with Gasteiger partial charge in [0, 0.05) is 0 Å². The standard InChI is InChI=1S/C7H8N2O/c1-3-4-6-7(8-2)5-10-9-6/h3-5H,2H2,1H3/b4-3-. The molecule has 1 aromatic rings. The molecule has 0 fully saturated rings. The number of hydrogen-bond acceptors (Lipinski definition) is 3. The summed E-state index contributed by atoms with van der Waals surface area (Å²) in [4.78, 5) is 3.69. The highest BCUT2D eigenvalue weighted by Crippen LogP contribution is 2.17. The summed E-state index contributed by atoms with van der Waals surface area (Å²) in [6, 6.07) is 0. The van der Waals surface area contributed by atoms with Crippen LogP contribution in [0.15, 0.2) is 21.9 Å². The topological polar surface area (TPSA) is 38.4 Å². The van der Waals surface area contributed by atoms with Crippen molar-refractivity contribution in [2.45, 2.75) is 6.92 Å². The summed E-state index contributed by atoms with van der Waals surface area (Å²) in [7, 11) is 0. The molecule has 0 N–H and O–H groups in total. The Hall–Kier alpha value is -1.38. The summed E-state index contributed by atoms with van der Waals surface area (Å²) >= 11 is 0. The van der Waals surface area contributed by atoms with Gasteiger partial charge in [0.15, 0.2) is 0 Å². The van der Waals surface area contributed by atoms with Crippen molar-refractivity contribution in [3.63, 3.8) is 0 Å². The van der Waals surface area contributed by atoms with Crippen LogP contribution in [0.2, 0.25) is 0 Å². The van der Waals surface area contributed by atoms with Crippen LogP contribution in [-0.4, -0.2) is 11.9 Å². The van der Waals surface area contributed by atoms with E-state index in [4.69, 9.17) is 0 Å². The number of aromatic nitrogens is 1. The monoisotopic (exact) mass is 136 g/mol. The molecule has 1 rings (SSSR count). The van der Waals surface area contributed by atoms with Gasteiger partial charge in [-0.3, -0.25) is 4.99 Å². The first-order chi connectivity index (χ1) is 4.88. The first-order valence-corrected chi connectivity index (χ1v) is 2.92. The molecule has 0 bridgehead atoms. The third-order valence-electron chi connectivity index (χ3n) is 1.07. The van der Waals surface area contributed by atoms with Crippen LogP contribution in [0.25, 0.3) is 6.08 Å². The van der Waals surface area contributed by atoms with E-state index in [2.05, 4.69) is 21.4 Å². The molecule has 0 amide bonds. The van der Waals surface area contributed by atoms with Crippen LogP contribution in [0.4, 0.5) is 5.69 Å². The van der Waals surface area contributed by atoms with E-state index in [1.807, 2.05) is 19.1 Å². The van der Waals surface area contributed by atoms with Crippen molar-refractivity contribution in [1.82, 2.24) is 5.16 Å². The number of hydrogen-bond donors (Lipinski definition) is 0. The number of aliphatic imine (C=N–C) groups is 1. The molecule has 52 valence electrons. The van der Waals surface area contributed by atoms with E-state index < -0.39 is 0 Å². The molecule has 0 unspecified atom stereocenters. The van der Waals surface area contributed by atoms with Crippen molar-refractivity contribution < 1.29 is 4.52 Å². The SMILES string of the molecule is C=Nc1conc1/C=C\C. The summed E-state index contributed by atoms with van der Waals surface area (Å²) in [5, 5.41) is 3.68. The van der Waals surface area contributed by atoms with Crippen LogP contribution < -0.4 is 0 Å². The van der Waals surface area contributed by atoms with E-state index >= 15 is 0 Å². The van der Waals surface area contributed by atoms with Crippen molar-refractivity contribution in [2.24, 2.45) is 4.99 Å². The second-order valence-electron chi connectivity index (χ2n) is 1.74. The largest absolute Gasteiger partial charge is 0.362 e. The Morgan fingerprint density at radius 2 is 2.60 bits per heavy atom. The minimum Gasteiger partial charge on any atom is -0.362 e. The van der Waals surface area contributed by atoms with E-state index in [0.29, 0.717) is 5.69 Å². The fraction of sp³-hybridized carbons (Fsp3) is 0.143. The first kappa shape index (κ1) is 6.74. The Labute approximate surface area is 59.1 Å². The van der Waals surface area contributed by atoms with Gasteiger partial charge in [0.05, 0.1) is 0 Å². The summed E-state index contributed by atoms with van der Waals surface area (Å²) in [5.41, 5.74) is 1.40. The quantitative estimate of drug-likeness (QED) is 0.583. The van der Waals surface area contributed by atoms with Crippen molar-refractivity contribution in [3.05, 3.63) is 18.0 Å². The molecule has 0 aromatic carbocycles. The average molecular weight is 136 g/mol. The second-order valence-corrected chi connectivity index (χ2v) is 1.74. The van der Waals surface area contributed by atoms with Crippen LogP contribution in [0.3, 0.4) is 0 Å². The Kier molecular flexibility index (Phi) is 1.99. The van der Waals surface area contributed by atoms with Crippen LogP contribution in [-0.2, 0) is 0 Å². The van der Waals surface area contributed by atoms with Gasteiger partial charge in [-0.05, 0) is 19.7 Å². The van der Waals surface area contributed by atoms with E-state index in [9.17, 15) is 0 Å². The zero-order valence-corrected chi connectivity index (χ0v) is 5.74. The summed E-state index contributed by atoms with van der Waals surface area (Å²) in [5.74, 6) is 0. The van der Waals surface area contributed by atoms with E-state index in [0.717, 1.165) is 5.69 Å². The fourth-order valence-corrected chi connectivity index (χ4v) is 0.632. The molecule has 3 nitrogen and oxygen atoms in total. The highest BCUT2D eigenvalue weighted by atomic mass is 16.5. The predicted octanol–water partition coefficient (Wildman–Crippen LogP) is 2.04. The third-order valence-corrected chi connectivity index (χ3v) is 1.07. The van der Waals surface area contributed by atoms with Gasteiger partial charge in [-0.1, -0.05) is 11.2 Å². The lowest BCUT2D eigenvalue weighted by Gasteiger charge is -1.81. The van der Waals surface area contributed by atoms with Gasteiger partial charge in [-0.25, -0.2) is 0 Å². The Balaban J connectivity index is 3.00. The van der Waals surface area contributed by atoms with Crippen LogP contribution in [0.5, 0.6) is 0 Å². The Bertz CT molecular complexity index is 250. The van der Waals surface area contributed by atoms with Gasteiger partial charge in [-0.2, -0.15) is 0 Å². The molecular formula is C7H8N2O. The summed E-state index contributed by atoms with van der Waals surface area (Å²) in [6.07, 6.45) is 5.14. The van der Waals surface area contributed by atoms with Crippen LogP contribution in [0.1, 0.15) is 12.6 Å². The van der Waals surface area contributed by atoms with E-state index in [-0.39, 0.29) is 0 Å². The maximum absolute atomic E-state index is 4.65. The number of nitrogens with zero attached hydrogens (tertiary/aromatic N) is 2. The minimum atomic E-state index is 0.679. The first-order valence-electron chi connectivity index (χ1n) is 2.92. The maximum atomic E-state index is 4.65. The van der Waals surface area contributed by atoms with Gasteiger partial charge in [-0.15, -0.1) is 0 Å². The average Bonchev–Trinajstić information content (AvgIpc) is 2.36. The summed E-state index contributed by atoms with van der Waals surface area (Å²) in [6.45, 7) is 5.27. The van der Waals surface area contributed by atoms with Crippen molar-refractivity contribution in [3.8, 4) is 0 Å². The van der Waals surface area contributed by atoms with Crippen LogP contribution in [0, 0.1) is 0 Å². The lowest BCUT2D eigenvalue weighted by molar-refractivity contribution is 0.418. The molecule has 0 radical (unpaired) electrons. The third kappa shape index (κ3) is 1.13. The zero-order chi connectivity index (χ0) is 7.40. The van der Waals surface area contributed by atoms with Crippen molar-refractivity contribution >= 4 is 18.5 Å². The Morgan fingerprint density at radius 1 is 1.80 bits per heavy atom. The second kappa shape index (κ2) is 2.96. The minimum absolute atomic E-state index is 0.679. The summed E-state index contributed by atoms with van der Waals surface area (Å²) < 4.78 is 4.65. The fourth-order valence-electron chi connectivity index (χ4n) is 0.632. The molecule has 1 heterocycles. The predicted molar refractivity (Wildman–Crippen MR) is 40.4 cm³/mol. The molecular weight excluding hydrogens is 128 g/mol. The highest BCUT2D eigenvalue weighted by molar-refractivity contribution is 5.60. The molecule has 10 heavy (non-hydrogen) atoms. The number of rotatable bonds is 2. The van der Waals surface area contributed by atoms with Crippen LogP contribution >= 0.6 is 0 Å². The van der Waals surface area contributed by atoms with E-state index in [1.54, 1.807) is 0 Å². The molecule has 0 atom stereocenters. The zero-order valence-electron chi connectivity index (χ0n) is 5.74. The lowest BCUT2D eigenvalue weighted by atomic mass is 10.3. The van der Waals surface area contributed by atoms with Gasteiger partial charge in [0.1, 0.15) is 17.6 Å². The molecule has 3 heteroatoms. The highest BCUT2D eigenvalue weighted by Gasteiger charge is 1.98. The molecule has 0 aliphatic rings. The molecule has 0 saturated heterocycles. The molecule has 0 aliphatic heterocycles. The normalized spacial score (nSPS) is 10.5. The maximum Gasteiger partial charge on any atom is 0.150 e. The van der Waals surface area contributed by atoms with Gasteiger partial charge in [0.25, 0.3) is 0 Å². The van der Waals surface area contributed by atoms with E-state index in [1.165, 1.54) is 6.26 Å².